The van der Waals surface area contributed by atoms with Gasteiger partial charge in [-0.1, -0.05) is 43.2 Å². The number of nitrogens with zero attached hydrogens (tertiary/aromatic N) is 1. The average molecular weight is 582 g/mol. The first-order chi connectivity index (χ1) is 19.2. The largest absolute Gasteiger partial charge is 0.491 e. The number of rotatable bonds is 13. The SMILES string of the molecule is C=CCNC(C)(C)C(=O)NSc1ccc2c(c1)N(CC1CCC1CC=C)CC(c1ccc(Cl)cc1CCC)CO2. The molecule has 2 aliphatic rings. The number of hydrogen-bond acceptors (Lipinski definition) is 5. The summed E-state index contributed by atoms with van der Waals surface area (Å²) in [5, 5.41) is 4.00. The summed E-state index contributed by atoms with van der Waals surface area (Å²) in [5.74, 6) is 2.39. The second-order valence-electron chi connectivity index (χ2n) is 11.6. The van der Waals surface area contributed by atoms with Crippen molar-refractivity contribution < 1.29 is 9.53 Å². The predicted molar refractivity (Wildman–Crippen MR) is 170 cm³/mol. The number of carbonyl (C=O) groups is 1. The van der Waals surface area contributed by atoms with Gasteiger partial charge in [-0.3, -0.25) is 9.52 Å². The summed E-state index contributed by atoms with van der Waals surface area (Å²) >= 11 is 7.75. The van der Waals surface area contributed by atoms with Crippen LogP contribution in [0.4, 0.5) is 5.69 Å². The molecular formula is C33H44ClN3O2S. The maximum absolute atomic E-state index is 12.9. The Balaban J connectivity index is 1.59. The van der Waals surface area contributed by atoms with Gasteiger partial charge in [-0.25, -0.2) is 0 Å². The number of hydrogen-bond donors (Lipinski definition) is 2. The molecule has 7 heteroatoms. The van der Waals surface area contributed by atoms with Crippen LogP contribution in [0, 0.1) is 11.8 Å². The van der Waals surface area contributed by atoms with E-state index in [0.717, 1.165) is 53.7 Å². The number of carbonyl (C=O) groups excluding carboxylic acids is 1. The monoisotopic (exact) mass is 581 g/mol. The van der Waals surface area contributed by atoms with Crippen molar-refractivity contribution in [1.82, 2.24) is 10.0 Å². The van der Waals surface area contributed by atoms with E-state index >= 15 is 0 Å². The van der Waals surface area contributed by atoms with Crippen molar-refractivity contribution in [2.24, 2.45) is 11.8 Å². The molecule has 1 saturated carbocycles. The van der Waals surface area contributed by atoms with Crippen LogP contribution in [-0.4, -0.2) is 37.7 Å². The lowest BCUT2D eigenvalue weighted by atomic mass is 9.71. The highest BCUT2D eigenvalue weighted by Crippen LogP contribution is 2.43. The first-order valence-electron chi connectivity index (χ1n) is 14.5. The molecule has 216 valence electrons. The van der Waals surface area contributed by atoms with E-state index in [1.165, 1.54) is 35.9 Å². The fourth-order valence-electron chi connectivity index (χ4n) is 5.68. The average Bonchev–Trinajstić information content (AvgIpc) is 3.11. The highest BCUT2D eigenvalue weighted by atomic mass is 35.5. The van der Waals surface area contributed by atoms with Crippen molar-refractivity contribution in [3.8, 4) is 5.75 Å². The van der Waals surface area contributed by atoms with Crippen LogP contribution >= 0.6 is 23.5 Å². The van der Waals surface area contributed by atoms with Crippen LogP contribution in [-0.2, 0) is 11.2 Å². The number of amides is 1. The van der Waals surface area contributed by atoms with Crippen LogP contribution in [0.3, 0.4) is 0 Å². The Labute approximate surface area is 249 Å². The van der Waals surface area contributed by atoms with Crippen LogP contribution < -0.4 is 19.7 Å². The van der Waals surface area contributed by atoms with E-state index in [0.29, 0.717) is 25.0 Å². The van der Waals surface area contributed by atoms with Crippen molar-refractivity contribution in [3.63, 3.8) is 0 Å². The van der Waals surface area contributed by atoms with Crippen LogP contribution in [0.15, 0.2) is 66.6 Å². The van der Waals surface area contributed by atoms with Crippen molar-refractivity contribution in [2.45, 2.75) is 69.2 Å². The number of benzene rings is 2. The molecule has 5 nitrogen and oxygen atoms in total. The molecule has 2 aromatic rings. The molecule has 0 spiro atoms. The minimum absolute atomic E-state index is 0.0737. The van der Waals surface area contributed by atoms with E-state index in [4.69, 9.17) is 16.3 Å². The fraction of sp³-hybridized carbons (Fsp3) is 0.485. The van der Waals surface area contributed by atoms with Gasteiger partial charge in [-0.15, -0.1) is 13.2 Å². The number of allylic oxidation sites excluding steroid dienone is 1. The standard InChI is InChI=1S/C33H44ClN3O2S/c1-6-9-23-11-12-25(23)20-37-21-26(29-15-13-27(34)18-24(29)10-7-2)22-39-31-16-14-28(19-30(31)37)40-36-32(38)33(4,5)35-17-8-3/h6,8,13-16,18-19,23,25-26,35H,1,3,7,9-12,17,20-22H2,2,4-5H3,(H,36,38). The van der Waals surface area contributed by atoms with Gasteiger partial charge in [0.15, 0.2) is 0 Å². The molecule has 3 atom stereocenters. The Morgan fingerprint density at radius 2 is 1.98 bits per heavy atom. The third-order valence-electron chi connectivity index (χ3n) is 8.23. The molecule has 3 unspecified atom stereocenters. The van der Waals surface area contributed by atoms with Gasteiger partial charge in [0.2, 0.25) is 5.91 Å². The molecule has 1 amide bonds. The lowest BCUT2D eigenvalue weighted by molar-refractivity contribution is -0.124. The lowest BCUT2D eigenvalue weighted by Crippen LogP contribution is -2.51. The predicted octanol–water partition coefficient (Wildman–Crippen LogP) is 7.55. The minimum atomic E-state index is -0.700. The Bertz CT molecular complexity index is 1200. The Kier molecular flexibility index (Phi) is 10.7. The smallest absolute Gasteiger partial charge is 0.249 e. The zero-order valence-corrected chi connectivity index (χ0v) is 25.8. The molecule has 1 aliphatic carbocycles. The third-order valence-corrected chi connectivity index (χ3v) is 9.25. The van der Waals surface area contributed by atoms with Crippen molar-refractivity contribution in [1.29, 1.82) is 0 Å². The van der Waals surface area contributed by atoms with E-state index in [1.807, 2.05) is 26.0 Å². The Morgan fingerprint density at radius 1 is 1.18 bits per heavy atom. The summed E-state index contributed by atoms with van der Waals surface area (Å²) in [6, 6.07) is 12.6. The summed E-state index contributed by atoms with van der Waals surface area (Å²) in [4.78, 5) is 16.4. The van der Waals surface area contributed by atoms with E-state index < -0.39 is 5.54 Å². The van der Waals surface area contributed by atoms with Crippen LogP contribution in [0.25, 0.3) is 0 Å². The fourth-order valence-corrected chi connectivity index (χ4v) is 6.65. The van der Waals surface area contributed by atoms with Crippen LogP contribution in [0.1, 0.15) is 63.5 Å². The second kappa shape index (κ2) is 14.0. The number of nitrogens with one attached hydrogen (secondary N) is 2. The first-order valence-corrected chi connectivity index (χ1v) is 15.7. The third kappa shape index (κ3) is 7.45. The van der Waals surface area contributed by atoms with Crippen molar-refractivity contribution in [3.05, 3.63) is 77.9 Å². The van der Waals surface area contributed by atoms with Gasteiger partial charge in [-0.2, -0.15) is 0 Å². The molecule has 1 aliphatic heterocycles. The summed E-state index contributed by atoms with van der Waals surface area (Å²) in [5.41, 5.74) is 3.04. The number of halogens is 1. The molecule has 1 heterocycles. The van der Waals surface area contributed by atoms with Gasteiger partial charge in [0.05, 0.1) is 17.8 Å². The lowest BCUT2D eigenvalue weighted by Gasteiger charge is -2.41. The zero-order valence-electron chi connectivity index (χ0n) is 24.2. The minimum Gasteiger partial charge on any atom is -0.491 e. The number of aryl methyl sites for hydroxylation is 1. The molecule has 2 N–H and O–H groups in total. The van der Waals surface area contributed by atoms with Gasteiger partial charge in [0.1, 0.15) is 5.75 Å². The highest BCUT2D eigenvalue weighted by molar-refractivity contribution is 7.98. The number of ether oxygens (including phenoxy) is 1. The van der Waals surface area contributed by atoms with Crippen molar-refractivity contribution >= 4 is 35.1 Å². The van der Waals surface area contributed by atoms with Crippen LogP contribution in [0.5, 0.6) is 5.75 Å². The Morgan fingerprint density at radius 3 is 2.67 bits per heavy atom. The van der Waals surface area contributed by atoms with Gasteiger partial charge in [0, 0.05) is 35.5 Å². The molecular weight excluding hydrogens is 538 g/mol. The molecule has 0 saturated heterocycles. The Hall–Kier alpha value is -2.41. The van der Waals surface area contributed by atoms with E-state index in [9.17, 15) is 4.79 Å². The van der Waals surface area contributed by atoms with E-state index in [1.54, 1.807) is 6.08 Å². The topological polar surface area (TPSA) is 53.6 Å². The highest BCUT2D eigenvalue weighted by Gasteiger charge is 2.34. The number of anilines is 1. The van der Waals surface area contributed by atoms with Crippen LogP contribution in [0.2, 0.25) is 5.02 Å². The van der Waals surface area contributed by atoms with Gasteiger partial charge < -0.3 is 15.0 Å². The summed E-state index contributed by atoms with van der Waals surface area (Å²) in [7, 11) is 0. The van der Waals surface area contributed by atoms with Crippen molar-refractivity contribution in [2.75, 3.05) is 31.1 Å². The van der Waals surface area contributed by atoms with Gasteiger partial charge in [0.25, 0.3) is 0 Å². The quantitative estimate of drug-likeness (QED) is 0.189. The van der Waals surface area contributed by atoms with E-state index in [2.05, 4.69) is 65.4 Å². The molecule has 40 heavy (non-hydrogen) atoms. The first kappa shape index (κ1) is 30.5. The number of fused-ring (bicyclic) bond motifs is 1. The zero-order chi connectivity index (χ0) is 28.7. The summed E-state index contributed by atoms with van der Waals surface area (Å²) in [6.07, 6.45) is 9.48. The summed E-state index contributed by atoms with van der Waals surface area (Å²) in [6.45, 7) is 16.7. The second-order valence-corrected chi connectivity index (χ2v) is 12.9. The molecule has 2 aromatic carbocycles. The molecule has 1 fully saturated rings. The van der Waals surface area contributed by atoms with Gasteiger partial charge in [-0.05, 0) is 105 Å². The molecule has 0 aromatic heterocycles. The molecule has 0 radical (unpaired) electrons. The maximum atomic E-state index is 12.9. The molecule has 0 bridgehead atoms. The molecule has 4 rings (SSSR count). The van der Waals surface area contributed by atoms with Gasteiger partial charge >= 0.3 is 0 Å². The van der Waals surface area contributed by atoms with E-state index in [-0.39, 0.29) is 11.8 Å². The summed E-state index contributed by atoms with van der Waals surface area (Å²) < 4.78 is 9.52. The normalized spacial score (nSPS) is 20.5. The maximum Gasteiger partial charge on any atom is 0.249 e.